The molecule has 136 valence electrons. The van der Waals surface area contributed by atoms with E-state index in [2.05, 4.69) is 20.8 Å². The number of hydrogen-bond acceptors (Lipinski definition) is 5. The summed E-state index contributed by atoms with van der Waals surface area (Å²) in [4.78, 5) is 24.1. The van der Waals surface area contributed by atoms with Gasteiger partial charge in [-0.1, -0.05) is 32.4 Å². The Kier molecular flexibility index (Phi) is 4.26. The van der Waals surface area contributed by atoms with Gasteiger partial charge in [0, 0.05) is 18.4 Å². The van der Waals surface area contributed by atoms with Crippen LogP contribution < -0.4 is 10.5 Å². The number of halogens is 1. The first-order valence-electron chi connectivity index (χ1n) is 8.54. The summed E-state index contributed by atoms with van der Waals surface area (Å²) in [6.45, 7) is 7.96. The number of ether oxygens (including phenoxy) is 2. The summed E-state index contributed by atoms with van der Waals surface area (Å²) in [5.74, 6) is -0.443. The minimum atomic E-state index is -0.538. The standard InChI is InChI=1S/C19H24ClNO4/c1-10(22)24-15-9-14(21)13(20)8-12(15)17(23)25-16-7-11-5-6-19(16,4)18(11,2)3/h8-9,11,16H,5-7,21H2,1-4H3. The number of rotatable bonds is 3. The van der Waals surface area contributed by atoms with Gasteiger partial charge in [0.05, 0.1) is 10.7 Å². The fraction of sp³-hybridized carbons (Fsp3) is 0.579. The van der Waals surface area contributed by atoms with Crippen molar-refractivity contribution in [2.45, 2.75) is 53.1 Å². The highest BCUT2D eigenvalue weighted by Crippen LogP contribution is 2.66. The third-order valence-corrected chi connectivity index (χ3v) is 6.86. The van der Waals surface area contributed by atoms with Crippen LogP contribution >= 0.6 is 11.6 Å². The quantitative estimate of drug-likeness (QED) is 0.493. The van der Waals surface area contributed by atoms with E-state index in [0.29, 0.717) is 5.92 Å². The van der Waals surface area contributed by atoms with Crippen LogP contribution in [0.25, 0.3) is 0 Å². The first-order valence-corrected chi connectivity index (χ1v) is 8.92. The summed E-state index contributed by atoms with van der Waals surface area (Å²) in [5, 5.41) is 0.224. The molecule has 0 spiro atoms. The number of benzene rings is 1. The largest absolute Gasteiger partial charge is 0.458 e. The number of carbonyl (C=O) groups excluding carboxylic acids is 2. The molecule has 2 aliphatic carbocycles. The number of nitrogen functional groups attached to an aromatic ring is 1. The molecule has 2 N–H and O–H groups in total. The summed E-state index contributed by atoms with van der Waals surface area (Å²) in [6.07, 6.45) is 2.92. The molecule has 1 aromatic carbocycles. The molecular weight excluding hydrogens is 342 g/mol. The average molecular weight is 366 g/mol. The summed E-state index contributed by atoms with van der Waals surface area (Å²) < 4.78 is 11.0. The van der Waals surface area contributed by atoms with E-state index in [1.54, 1.807) is 0 Å². The van der Waals surface area contributed by atoms with Crippen molar-refractivity contribution in [2.75, 3.05) is 5.73 Å². The monoisotopic (exact) mass is 365 g/mol. The Labute approximate surface area is 152 Å². The van der Waals surface area contributed by atoms with Gasteiger partial charge in [-0.3, -0.25) is 4.79 Å². The lowest BCUT2D eigenvalue weighted by Crippen LogP contribution is -2.38. The van der Waals surface area contributed by atoms with Crippen LogP contribution in [0.5, 0.6) is 5.75 Å². The Hall–Kier alpha value is -1.75. The molecule has 3 rings (SSSR count). The maximum absolute atomic E-state index is 12.8. The zero-order valence-corrected chi connectivity index (χ0v) is 15.8. The van der Waals surface area contributed by atoms with Crippen LogP contribution in [0.2, 0.25) is 5.02 Å². The predicted molar refractivity (Wildman–Crippen MR) is 95.6 cm³/mol. The lowest BCUT2D eigenvalue weighted by atomic mass is 9.70. The van der Waals surface area contributed by atoms with Crippen LogP contribution in [0, 0.1) is 16.7 Å². The van der Waals surface area contributed by atoms with Crippen molar-refractivity contribution in [2.24, 2.45) is 16.7 Å². The van der Waals surface area contributed by atoms with E-state index in [-0.39, 0.29) is 39.0 Å². The van der Waals surface area contributed by atoms with Crippen LogP contribution in [0.15, 0.2) is 12.1 Å². The van der Waals surface area contributed by atoms with Gasteiger partial charge in [-0.15, -0.1) is 0 Å². The molecule has 0 amide bonds. The molecule has 5 nitrogen and oxygen atoms in total. The second kappa shape index (κ2) is 5.90. The molecule has 0 aliphatic heterocycles. The molecule has 0 saturated heterocycles. The van der Waals surface area contributed by atoms with E-state index in [1.807, 2.05) is 0 Å². The molecule has 3 atom stereocenters. The number of nitrogens with two attached hydrogens (primary N) is 1. The summed E-state index contributed by atoms with van der Waals surface area (Å²) in [7, 11) is 0. The molecule has 2 saturated carbocycles. The van der Waals surface area contributed by atoms with Crippen LogP contribution in [0.1, 0.15) is 57.3 Å². The normalized spacial score (nSPS) is 29.5. The summed E-state index contributed by atoms with van der Waals surface area (Å²) in [6, 6.07) is 2.78. The molecule has 1 aromatic rings. The first kappa shape index (κ1) is 18.1. The van der Waals surface area contributed by atoms with Gasteiger partial charge in [-0.25, -0.2) is 4.79 Å². The van der Waals surface area contributed by atoms with Gasteiger partial charge in [-0.05, 0) is 36.7 Å². The van der Waals surface area contributed by atoms with Crippen molar-refractivity contribution in [3.8, 4) is 5.75 Å². The highest BCUT2D eigenvalue weighted by atomic mass is 35.5. The van der Waals surface area contributed by atoms with Gasteiger partial charge >= 0.3 is 11.9 Å². The van der Waals surface area contributed by atoms with Crippen molar-refractivity contribution in [1.82, 2.24) is 0 Å². The van der Waals surface area contributed by atoms with Gasteiger partial charge in [0.2, 0.25) is 0 Å². The highest BCUT2D eigenvalue weighted by Gasteiger charge is 2.62. The molecule has 2 bridgehead atoms. The number of anilines is 1. The third-order valence-electron chi connectivity index (χ3n) is 6.54. The van der Waals surface area contributed by atoms with Gasteiger partial charge in [-0.2, -0.15) is 0 Å². The molecule has 2 aliphatic rings. The molecular formula is C19H24ClNO4. The van der Waals surface area contributed by atoms with Crippen molar-refractivity contribution in [3.05, 3.63) is 22.7 Å². The van der Waals surface area contributed by atoms with Gasteiger partial charge in [0.25, 0.3) is 0 Å². The van der Waals surface area contributed by atoms with Crippen LogP contribution in [-0.2, 0) is 9.53 Å². The smallest absolute Gasteiger partial charge is 0.342 e. The molecule has 6 heteroatoms. The van der Waals surface area contributed by atoms with E-state index in [0.717, 1.165) is 12.8 Å². The fourth-order valence-electron chi connectivity index (χ4n) is 4.47. The van der Waals surface area contributed by atoms with Crippen molar-refractivity contribution in [1.29, 1.82) is 0 Å². The number of carbonyl (C=O) groups is 2. The number of fused-ring (bicyclic) bond motifs is 2. The lowest BCUT2D eigenvalue weighted by Gasteiger charge is -2.38. The summed E-state index contributed by atoms with van der Waals surface area (Å²) in [5.41, 5.74) is 6.21. The van der Waals surface area contributed by atoms with E-state index < -0.39 is 11.9 Å². The Morgan fingerprint density at radius 1 is 1.28 bits per heavy atom. The zero-order chi connectivity index (χ0) is 18.6. The van der Waals surface area contributed by atoms with E-state index in [9.17, 15) is 9.59 Å². The second-order valence-electron chi connectivity index (χ2n) is 7.97. The van der Waals surface area contributed by atoms with Crippen LogP contribution in [-0.4, -0.2) is 18.0 Å². The van der Waals surface area contributed by atoms with Crippen molar-refractivity contribution < 1.29 is 19.1 Å². The topological polar surface area (TPSA) is 78.6 Å². The van der Waals surface area contributed by atoms with Gasteiger partial charge in [0.15, 0.2) is 0 Å². The highest BCUT2D eigenvalue weighted by molar-refractivity contribution is 6.33. The van der Waals surface area contributed by atoms with Crippen LogP contribution in [0.4, 0.5) is 5.69 Å². The van der Waals surface area contributed by atoms with Gasteiger partial charge in [0.1, 0.15) is 17.4 Å². The van der Waals surface area contributed by atoms with Crippen LogP contribution in [0.3, 0.4) is 0 Å². The number of hydrogen-bond donors (Lipinski definition) is 1. The third kappa shape index (κ3) is 2.78. The molecule has 0 heterocycles. The Morgan fingerprint density at radius 2 is 1.96 bits per heavy atom. The molecule has 0 aromatic heterocycles. The first-order chi connectivity index (χ1) is 11.6. The average Bonchev–Trinajstić information content (AvgIpc) is 2.83. The molecule has 2 fully saturated rings. The Bertz CT molecular complexity index is 745. The Balaban J connectivity index is 1.87. The maximum Gasteiger partial charge on any atom is 0.342 e. The molecule has 3 unspecified atom stereocenters. The van der Waals surface area contributed by atoms with E-state index in [4.69, 9.17) is 26.8 Å². The Morgan fingerprint density at radius 3 is 2.48 bits per heavy atom. The maximum atomic E-state index is 12.8. The minimum Gasteiger partial charge on any atom is -0.458 e. The summed E-state index contributed by atoms with van der Waals surface area (Å²) >= 11 is 6.05. The zero-order valence-electron chi connectivity index (χ0n) is 15.0. The van der Waals surface area contributed by atoms with Crippen molar-refractivity contribution in [3.63, 3.8) is 0 Å². The predicted octanol–water partition coefficient (Wildman–Crippen LogP) is 4.22. The second-order valence-corrected chi connectivity index (χ2v) is 8.38. The molecule has 25 heavy (non-hydrogen) atoms. The van der Waals surface area contributed by atoms with E-state index in [1.165, 1.54) is 25.5 Å². The number of esters is 2. The van der Waals surface area contributed by atoms with Gasteiger partial charge < -0.3 is 15.2 Å². The lowest BCUT2D eigenvalue weighted by molar-refractivity contribution is -0.131. The van der Waals surface area contributed by atoms with Crippen molar-refractivity contribution >= 4 is 29.2 Å². The fourth-order valence-corrected chi connectivity index (χ4v) is 4.63. The molecule has 0 radical (unpaired) electrons. The van der Waals surface area contributed by atoms with E-state index >= 15 is 0 Å². The minimum absolute atomic E-state index is 0.0491. The SMILES string of the molecule is CC(=O)Oc1cc(N)c(Cl)cc1C(=O)OC1CC2CCC1(C)C2(C)C.